The Morgan fingerprint density at radius 3 is 2.67 bits per heavy atom. The molecule has 0 aliphatic rings. The van der Waals surface area contributed by atoms with Gasteiger partial charge in [0.15, 0.2) is 0 Å². The quantitative estimate of drug-likeness (QED) is 0.328. The molecular formula is C6H9NO2. The molecule has 0 aromatic rings. The second-order valence-electron chi connectivity index (χ2n) is 1.65. The zero-order chi connectivity index (χ0) is 7.28. The van der Waals surface area contributed by atoms with Crippen LogP contribution in [0.2, 0.25) is 0 Å². The standard InChI is InChI=1S/C6H9NO2/c1-3-4-5-6(2)7(8)9/h3H,1-2,4-5H2. The fraction of sp³-hybridized carbons (Fsp3) is 0.333. The molecule has 0 aliphatic carbocycles. The third-order valence-electron chi connectivity index (χ3n) is 0.895. The monoisotopic (exact) mass is 127 g/mol. The van der Waals surface area contributed by atoms with Gasteiger partial charge in [-0.1, -0.05) is 6.08 Å². The predicted octanol–water partition coefficient (Wildman–Crippen LogP) is 1.74. The minimum absolute atomic E-state index is 0.0508. The summed E-state index contributed by atoms with van der Waals surface area (Å²) in [7, 11) is 0. The van der Waals surface area contributed by atoms with Crippen molar-refractivity contribution in [3.8, 4) is 0 Å². The van der Waals surface area contributed by atoms with Crippen LogP contribution in [0.4, 0.5) is 0 Å². The van der Waals surface area contributed by atoms with E-state index in [1.54, 1.807) is 6.08 Å². The predicted molar refractivity (Wildman–Crippen MR) is 35.6 cm³/mol. The smallest absolute Gasteiger partial charge is 0.239 e. The molecule has 0 N–H and O–H groups in total. The maximum absolute atomic E-state index is 9.88. The Morgan fingerprint density at radius 1 is 1.78 bits per heavy atom. The molecule has 0 aromatic carbocycles. The molecule has 3 heteroatoms. The molecule has 0 fully saturated rings. The SMILES string of the molecule is C=CCCC(=C)[N+](=O)[O-]. The lowest BCUT2D eigenvalue weighted by Gasteiger charge is -1.89. The summed E-state index contributed by atoms with van der Waals surface area (Å²) in [6.07, 6.45) is 2.66. The Hall–Kier alpha value is -1.12. The third kappa shape index (κ3) is 3.46. The summed E-state index contributed by atoms with van der Waals surface area (Å²) in [6, 6.07) is 0. The van der Waals surface area contributed by atoms with Crippen LogP contribution in [-0.2, 0) is 0 Å². The van der Waals surface area contributed by atoms with Crippen LogP contribution in [0.15, 0.2) is 24.9 Å². The van der Waals surface area contributed by atoms with Crippen molar-refractivity contribution in [1.82, 2.24) is 0 Å². The summed E-state index contributed by atoms with van der Waals surface area (Å²) in [5.74, 6) is 0. The summed E-state index contributed by atoms with van der Waals surface area (Å²) < 4.78 is 0. The fourth-order valence-corrected chi connectivity index (χ4v) is 0.360. The molecular weight excluding hydrogens is 118 g/mol. The van der Waals surface area contributed by atoms with Gasteiger partial charge in [-0.3, -0.25) is 10.1 Å². The molecule has 50 valence electrons. The molecule has 0 bridgehead atoms. The van der Waals surface area contributed by atoms with Gasteiger partial charge in [-0.25, -0.2) is 0 Å². The van der Waals surface area contributed by atoms with Gasteiger partial charge in [0.2, 0.25) is 5.70 Å². The zero-order valence-electron chi connectivity index (χ0n) is 5.17. The highest BCUT2D eigenvalue weighted by atomic mass is 16.6. The molecule has 0 saturated heterocycles. The van der Waals surface area contributed by atoms with Crippen LogP contribution in [0.1, 0.15) is 12.8 Å². The van der Waals surface area contributed by atoms with E-state index in [2.05, 4.69) is 13.2 Å². The molecule has 0 amide bonds. The molecule has 0 unspecified atom stereocenters. The van der Waals surface area contributed by atoms with E-state index < -0.39 is 4.92 Å². The number of nitro groups is 1. The van der Waals surface area contributed by atoms with Crippen molar-refractivity contribution >= 4 is 0 Å². The van der Waals surface area contributed by atoms with Crippen molar-refractivity contribution in [2.24, 2.45) is 0 Å². The van der Waals surface area contributed by atoms with Crippen LogP contribution in [0, 0.1) is 10.1 Å². The van der Waals surface area contributed by atoms with Crippen LogP contribution in [0.5, 0.6) is 0 Å². The lowest BCUT2D eigenvalue weighted by molar-refractivity contribution is -0.427. The first-order chi connectivity index (χ1) is 4.18. The Balaban J connectivity index is 3.51. The van der Waals surface area contributed by atoms with Crippen molar-refractivity contribution in [3.05, 3.63) is 35.0 Å². The average Bonchev–Trinajstić information content (AvgIpc) is 1.82. The first-order valence-electron chi connectivity index (χ1n) is 2.61. The maximum atomic E-state index is 9.88. The summed E-state index contributed by atoms with van der Waals surface area (Å²) in [5.41, 5.74) is 0.0508. The number of nitrogens with zero attached hydrogens (tertiary/aromatic N) is 1. The summed E-state index contributed by atoms with van der Waals surface area (Å²) in [6.45, 7) is 6.67. The zero-order valence-corrected chi connectivity index (χ0v) is 5.17. The van der Waals surface area contributed by atoms with E-state index in [0.717, 1.165) is 0 Å². The number of hydrogen-bond acceptors (Lipinski definition) is 2. The van der Waals surface area contributed by atoms with Crippen molar-refractivity contribution in [2.75, 3.05) is 0 Å². The van der Waals surface area contributed by atoms with Gasteiger partial charge in [0.1, 0.15) is 0 Å². The Labute approximate surface area is 53.8 Å². The topological polar surface area (TPSA) is 43.1 Å². The maximum Gasteiger partial charge on any atom is 0.239 e. The summed E-state index contributed by atoms with van der Waals surface area (Å²) in [5, 5.41) is 9.88. The van der Waals surface area contributed by atoms with E-state index in [1.807, 2.05) is 0 Å². The van der Waals surface area contributed by atoms with Crippen LogP contribution in [0.3, 0.4) is 0 Å². The van der Waals surface area contributed by atoms with E-state index in [0.29, 0.717) is 12.8 Å². The van der Waals surface area contributed by atoms with Gasteiger partial charge in [-0.15, -0.1) is 6.58 Å². The van der Waals surface area contributed by atoms with Gasteiger partial charge < -0.3 is 0 Å². The Bertz CT molecular complexity index is 140. The molecule has 0 aromatic heterocycles. The second-order valence-corrected chi connectivity index (χ2v) is 1.65. The first kappa shape index (κ1) is 7.88. The molecule has 0 rings (SSSR count). The number of rotatable bonds is 4. The molecule has 0 heterocycles. The van der Waals surface area contributed by atoms with Crippen molar-refractivity contribution in [3.63, 3.8) is 0 Å². The minimum Gasteiger partial charge on any atom is -0.259 e. The van der Waals surface area contributed by atoms with Gasteiger partial charge >= 0.3 is 0 Å². The molecule has 0 saturated carbocycles. The molecule has 9 heavy (non-hydrogen) atoms. The van der Waals surface area contributed by atoms with E-state index >= 15 is 0 Å². The summed E-state index contributed by atoms with van der Waals surface area (Å²) in [4.78, 5) is 9.41. The molecule has 0 spiro atoms. The van der Waals surface area contributed by atoms with E-state index in [4.69, 9.17) is 0 Å². The van der Waals surface area contributed by atoms with E-state index in [-0.39, 0.29) is 5.70 Å². The van der Waals surface area contributed by atoms with Gasteiger partial charge in [0.25, 0.3) is 0 Å². The largest absolute Gasteiger partial charge is 0.259 e. The van der Waals surface area contributed by atoms with Gasteiger partial charge in [0, 0.05) is 6.42 Å². The second kappa shape index (κ2) is 3.83. The van der Waals surface area contributed by atoms with Crippen LogP contribution >= 0.6 is 0 Å². The van der Waals surface area contributed by atoms with Crippen molar-refractivity contribution < 1.29 is 4.92 Å². The van der Waals surface area contributed by atoms with E-state index in [9.17, 15) is 10.1 Å². The van der Waals surface area contributed by atoms with Crippen LogP contribution in [0.25, 0.3) is 0 Å². The first-order valence-corrected chi connectivity index (χ1v) is 2.61. The number of allylic oxidation sites excluding steroid dienone is 2. The highest BCUT2D eigenvalue weighted by Gasteiger charge is 2.02. The number of hydrogen-bond donors (Lipinski definition) is 0. The molecule has 0 atom stereocenters. The lowest BCUT2D eigenvalue weighted by Crippen LogP contribution is -1.95. The molecule has 3 nitrogen and oxygen atoms in total. The van der Waals surface area contributed by atoms with Crippen molar-refractivity contribution in [1.29, 1.82) is 0 Å². The lowest BCUT2D eigenvalue weighted by atomic mass is 10.3. The van der Waals surface area contributed by atoms with Crippen molar-refractivity contribution in [2.45, 2.75) is 12.8 Å². The van der Waals surface area contributed by atoms with Gasteiger partial charge in [-0.05, 0) is 13.0 Å². The third-order valence-corrected chi connectivity index (χ3v) is 0.895. The average molecular weight is 127 g/mol. The minimum atomic E-state index is -0.469. The Kier molecular flexibility index (Phi) is 3.35. The van der Waals surface area contributed by atoms with Crippen LogP contribution < -0.4 is 0 Å². The highest BCUT2D eigenvalue weighted by Crippen LogP contribution is 2.01. The normalized spacial score (nSPS) is 8.44. The highest BCUT2D eigenvalue weighted by molar-refractivity contribution is 4.83. The fourth-order valence-electron chi connectivity index (χ4n) is 0.360. The van der Waals surface area contributed by atoms with Gasteiger partial charge in [0.05, 0.1) is 4.92 Å². The van der Waals surface area contributed by atoms with Gasteiger partial charge in [-0.2, -0.15) is 0 Å². The Morgan fingerprint density at radius 2 is 2.33 bits per heavy atom. The van der Waals surface area contributed by atoms with E-state index in [1.165, 1.54) is 0 Å². The van der Waals surface area contributed by atoms with Crippen LogP contribution in [-0.4, -0.2) is 4.92 Å². The molecule has 0 aliphatic heterocycles. The summed E-state index contributed by atoms with van der Waals surface area (Å²) >= 11 is 0. The molecule has 0 radical (unpaired) electrons.